The molecule has 2 atom stereocenters. The van der Waals surface area contributed by atoms with Crippen molar-refractivity contribution in [2.24, 2.45) is 5.92 Å². The highest BCUT2D eigenvalue weighted by atomic mass is 79.9. The number of rotatable bonds is 4. The normalized spacial score (nSPS) is 23.6. The second-order valence-corrected chi connectivity index (χ2v) is 6.46. The van der Waals surface area contributed by atoms with Crippen LogP contribution in [0.15, 0.2) is 22.7 Å². The molecule has 1 saturated heterocycles. The number of methoxy groups -OCH3 is 1. The van der Waals surface area contributed by atoms with E-state index in [1.807, 2.05) is 18.2 Å². The molecule has 1 aliphatic rings. The van der Waals surface area contributed by atoms with Crippen molar-refractivity contribution in [1.29, 1.82) is 0 Å². The average Bonchev–Trinajstić information content (AvgIpc) is 2.43. The lowest BCUT2D eigenvalue weighted by Gasteiger charge is -2.37. The Bertz CT molecular complexity index is 489. The predicted octanol–water partition coefficient (Wildman–Crippen LogP) is 3.76. The first-order valence-corrected chi connectivity index (χ1v) is 7.93. The second-order valence-electron chi connectivity index (χ2n) is 5.60. The van der Waals surface area contributed by atoms with Crippen molar-refractivity contribution >= 4 is 21.7 Å². The fourth-order valence-electron chi connectivity index (χ4n) is 2.76. The zero-order valence-electron chi connectivity index (χ0n) is 12.4. The van der Waals surface area contributed by atoms with Gasteiger partial charge in [-0.15, -0.1) is 0 Å². The van der Waals surface area contributed by atoms with Crippen molar-refractivity contribution in [3.05, 3.63) is 28.2 Å². The third-order valence-corrected chi connectivity index (χ3v) is 4.94. The van der Waals surface area contributed by atoms with Gasteiger partial charge in [-0.05, 0) is 66.4 Å². The first-order valence-electron chi connectivity index (χ1n) is 7.13. The van der Waals surface area contributed by atoms with E-state index < -0.39 is 0 Å². The number of nitrogens with zero attached hydrogens (tertiary/aromatic N) is 1. The van der Waals surface area contributed by atoms with Crippen molar-refractivity contribution in [2.45, 2.75) is 32.7 Å². The highest BCUT2D eigenvalue weighted by Crippen LogP contribution is 2.27. The van der Waals surface area contributed by atoms with E-state index in [2.05, 4.69) is 34.7 Å². The molecule has 110 valence electrons. The first-order chi connectivity index (χ1) is 9.52. The molecule has 0 N–H and O–H groups in total. The number of hydrogen-bond donors (Lipinski definition) is 0. The third kappa shape index (κ3) is 3.41. The van der Waals surface area contributed by atoms with Crippen LogP contribution in [0.3, 0.4) is 0 Å². The van der Waals surface area contributed by atoms with Crippen LogP contribution in [0.4, 0.5) is 0 Å². The Hall–Kier alpha value is -0.870. The number of piperidine rings is 1. The molecule has 0 amide bonds. The quantitative estimate of drug-likeness (QED) is 0.782. The van der Waals surface area contributed by atoms with Crippen LogP contribution >= 0.6 is 15.9 Å². The van der Waals surface area contributed by atoms with E-state index in [0.717, 1.165) is 22.3 Å². The summed E-state index contributed by atoms with van der Waals surface area (Å²) in [4.78, 5) is 14.7. The second kappa shape index (κ2) is 6.72. The highest BCUT2D eigenvalue weighted by molar-refractivity contribution is 9.10. The molecule has 3 nitrogen and oxygen atoms in total. The van der Waals surface area contributed by atoms with Crippen LogP contribution in [0, 0.1) is 5.92 Å². The zero-order valence-corrected chi connectivity index (χ0v) is 13.9. The van der Waals surface area contributed by atoms with Gasteiger partial charge in [0.25, 0.3) is 0 Å². The smallest absolute Gasteiger partial charge is 0.176 e. The van der Waals surface area contributed by atoms with Crippen LogP contribution in [-0.4, -0.2) is 36.9 Å². The molecule has 0 radical (unpaired) electrons. The molecule has 0 bridgehead atoms. The van der Waals surface area contributed by atoms with Crippen LogP contribution < -0.4 is 4.74 Å². The van der Waals surface area contributed by atoms with Gasteiger partial charge in [0.15, 0.2) is 5.78 Å². The van der Waals surface area contributed by atoms with Crippen LogP contribution in [-0.2, 0) is 0 Å². The molecule has 1 aromatic carbocycles. The standard InChI is InChI=1S/C16H22BrNO2/c1-11-5-4-8-18(12(11)2)10-15(19)13-6-7-16(20-3)14(17)9-13/h6-7,9,11-12H,4-5,8,10H2,1-3H3. The molecule has 2 rings (SSSR count). The Balaban J connectivity index is 2.06. The number of carbonyl (C=O) groups excluding carboxylic acids is 1. The summed E-state index contributed by atoms with van der Waals surface area (Å²) in [6.45, 7) is 6.02. The van der Waals surface area contributed by atoms with E-state index in [4.69, 9.17) is 4.74 Å². The number of halogens is 1. The molecular formula is C16H22BrNO2. The van der Waals surface area contributed by atoms with E-state index in [1.54, 1.807) is 7.11 Å². The SMILES string of the molecule is COc1ccc(C(=O)CN2CCCC(C)C2C)cc1Br. The molecule has 0 aromatic heterocycles. The molecule has 4 heteroatoms. The third-order valence-electron chi connectivity index (χ3n) is 4.32. The minimum Gasteiger partial charge on any atom is -0.496 e. The number of likely N-dealkylation sites (tertiary alicyclic amines) is 1. The first kappa shape index (κ1) is 15.5. The van der Waals surface area contributed by atoms with Gasteiger partial charge in [0.05, 0.1) is 18.1 Å². The van der Waals surface area contributed by atoms with Crippen molar-refractivity contribution in [1.82, 2.24) is 4.90 Å². The van der Waals surface area contributed by atoms with Gasteiger partial charge in [-0.2, -0.15) is 0 Å². The van der Waals surface area contributed by atoms with Gasteiger partial charge in [-0.3, -0.25) is 9.69 Å². The summed E-state index contributed by atoms with van der Waals surface area (Å²) in [6.07, 6.45) is 2.45. The number of benzene rings is 1. The average molecular weight is 340 g/mol. The molecule has 1 fully saturated rings. The van der Waals surface area contributed by atoms with Crippen molar-refractivity contribution in [3.63, 3.8) is 0 Å². The number of ketones is 1. The lowest BCUT2D eigenvalue weighted by atomic mass is 9.91. The maximum Gasteiger partial charge on any atom is 0.176 e. The highest BCUT2D eigenvalue weighted by Gasteiger charge is 2.26. The van der Waals surface area contributed by atoms with Gasteiger partial charge in [0.2, 0.25) is 0 Å². The number of carbonyl (C=O) groups is 1. The van der Waals surface area contributed by atoms with E-state index >= 15 is 0 Å². The van der Waals surface area contributed by atoms with Gasteiger partial charge in [0, 0.05) is 11.6 Å². The maximum absolute atomic E-state index is 12.4. The summed E-state index contributed by atoms with van der Waals surface area (Å²) in [5, 5.41) is 0. The Morgan fingerprint density at radius 3 is 2.85 bits per heavy atom. The largest absolute Gasteiger partial charge is 0.496 e. The summed E-state index contributed by atoms with van der Waals surface area (Å²) in [5.41, 5.74) is 0.739. The fourth-order valence-corrected chi connectivity index (χ4v) is 3.30. The van der Waals surface area contributed by atoms with Gasteiger partial charge >= 0.3 is 0 Å². The van der Waals surface area contributed by atoms with E-state index in [9.17, 15) is 4.79 Å². The Labute approximate surface area is 129 Å². The van der Waals surface area contributed by atoms with Gasteiger partial charge in [-0.1, -0.05) is 6.92 Å². The molecule has 0 spiro atoms. The van der Waals surface area contributed by atoms with E-state index in [-0.39, 0.29) is 5.78 Å². The zero-order chi connectivity index (χ0) is 14.7. The van der Waals surface area contributed by atoms with E-state index in [1.165, 1.54) is 12.8 Å². The molecule has 1 heterocycles. The Kier molecular flexibility index (Phi) is 5.22. The monoisotopic (exact) mass is 339 g/mol. The summed E-state index contributed by atoms with van der Waals surface area (Å²) < 4.78 is 6.02. The summed E-state index contributed by atoms with van der Waals surface area (Å²) >= 11 is 3.43. The lowest BCUT2D eigenvalue weighted by molar-refractivity contribution is 0.0779. The van der Waals surface area contributed by atoms with Gasteiger partial charge in [-0.25, -0.2) is 0 Å². The minimum absolute atomic E-state index is 0.175. The van der Waals surface area contributed by atoms with Crippen molar-refractivity contribution in [3.8, 4) is 5.75 Å². The fraction of sp³-hybridized carbons (Fsp3) is 0.562. The molecule has 1 aromatic rings. The summed E-state index contributed by atoms with van der Waals surface area (Å²) in [6, 6.07) is 6.00. The summed E-state index contributed by atoms with van der Waals surface area (Å²) in [5.74, 6) is 1.59. The van der Waals surface area contributed by atoms with Gasteiger partial charge < -0.3 is 4.74 Å². The van der Waals surface area contributed by atoms with Crippen molar-refractivity contribution in [2.75, 3.05) is 20.2 Å². The topological polar surface area (TPSA) is 29.5 Å². The molecular weight excluding hydrogens is 318 g/mol. The van der Waals surface area contributed by atoms with E-state index in [0.29, 0.717) is 18.5 Å². The molecule has 1 aliphatic heterocycles. The van der Waals surface area contributed by atoms with Crippen LogP contribution in [0.1, 0.15) is 37.0 Å². The number of ether oxygens (including phenoxy) is 1. The Morgan fingerprint density at radius 2 is 2.20 bits per heavy atom. The van der Waals surface area contributed by atoms with Crippen LogP contribution in [0.2, 0.25) is 0 Å². The maximum atomic E-state index is 12.4. The number of Topliss-reactive ketones (excluding diaryl/α,β-unsaturated/α-hetero) is 1. The summed E-state index contributed by atoms with van der Waals surface area (Å²) in [7, 11) is 1.62. The van der Waals surface area contributed by atoms with Crippen molar-refractivity contribution < 1.29 is 9.53 Å². The van der Waals surface area contributed by atoms with Gasteiger partial charge in [0.1, 0.15) is 5.75 Å². The number of hydrogen-bond acceptors (Lipinski definition) is 3. The molecule has 0 aliphatic carbocycles. The van der Waals surface area contributed by atoms with Crippen LogP contribution in [0.5, 0.6) is 5.75 Å². The molecule has 2 unspecified atom stereocenters. The lowest BCUT2D eigenvalue weighted by Crippen LogP contribution is -2.44. The predicted molar refractivity (Wildman–Crippen MR) is 84.5 cm³/mol. The van der Waals surface area contributed by atoms with Crippen LogP contribution in [0.25, 0.3) is 0 Å². The molecule has 20 heavy (non-hydrogen) atoms. The molecule has 0 saturated carbocycles. The minimum atomic E-state index is 0.175. The Morgan fingerprint density at radius 1 is 1.45 bits per heavy atom.